The molecule has 0 aromatic carbocycles. The zero-order valence-corrected chi connectivity index (χ0v) is 7.91. The Balaban J connectivity index is 2.12. The van der Waals surface area contributed by atoms with Crippen LogP contribution in [0.25, 0.3) is 0 Å². The van der Waals surface area contributed by atoms with Crippen LogP contribution < -0.4 is 5.32 Å². The lowest BCUT2D eigenvalue weighted by Gasteiger charge is -2.42. The smallest absolute Gasteiger partial charge is 0.228 e. The summed E-state index contributed by atoms with van der Waals surface area (Å²) >= 11 is 1.67. The topological polar surface area (TPSA) is 41.5 Å². The van der Waals surface area contributed by atoms with Crippen molar-refractivity contribution in [1.29, 1.82) is 0 Å². The van der Waals surface area contributed by atoms with Crippen molar-refractivity contribution in [1.82, 2.24) is 5.32 Å². The fraction of sp³-hybridized carbons (Fsp3) is 0.750. The highest BCUT2D eigenvalue weighted by atomic mass is 32.2. The molecular weight excluding hydrogens is 172 g/mol. The van der Waals surface area contributed by atoms with E-state index in [1.54, 1.807) is 11.8 Å². The van der Waals surface area contributed by atoms with Crippen molar-refractivity contribution in [2.75, 3.05) is 19.3 Å². The molecule has 1 spiro atoms. The normalized spacial score (nSPS) is 34.1. The summed E-state index contributed by atoms with van der Waals surface area (Å²) in [7, 11) is 0. The summed E-state index contributed by atoms with van der Waals surface area (Å²) in [5, 5.41) is 3.95. The first-order valence-electron chi connectivity index (χ1n) is 4.12. The minimum absolute atomic E-state index is 0.0694. The van der Waals surface area contributed by atoms with Crippen molar-refractivity contribution in [3.63, 3.8) is 0 Å². The number of thioether (sulfide) groups is 1. The second-order valence-corrected chi connectivity index (χ2v) is 4.25. The highest BCUT2D eigenvalue weighted by Crippen LogP contribution is 2.37. The monoisotopic (exact) mass is 184 g/mol. The summed E-state index contributed by atoms with van der Waals surface area (Å²) in [4.78, 5) is 15.7. The standard InChI is InChI=1S/C8H12N2OS/c1-12-6-4-8(2-3-9-6)5-10-7(8)11/h2-5H2,1H3,(H,10,11). The molecule has 1 fully saturated rings. The Morgan fingerprint density at radius 2 is 2.50 bits per heavy atom. The summed E-state index contributed by atoms with van der Waals surface area (Å²) < 4.78 is 0. The third kappa shape index (κ3) is 1.05. The lowest BCUT2D eigenvalue weighted by Crippen LogP contribution is -2.60. The molecule has 3 nitrogen and oxygen atoms in total. The molecule has 0 bridgehead atoms. The molecule has 0 aromatic heterocycles. The van der Waals surface area contributed by atoms with Gasteiger partial charge in [0, 0.05) is 19.5 Å². The van der Waals surface area contributed by atoms with E-state index in [9.17, 15) is 4.79 Å². The summed E-state index contributed by atoms with van der Waals surface area (Å²) in [5.41, 5.74) is -0.0694. The van der Waals surface area contributed by atoms with Gasteiger partial charge in [-0.1, -0.05) is 0 Å². The maximum Gasteiger partial charge on any atom is 0.228 e. The second kappa shape index (κ2) is 2.76. The molecule has 1 amide bonds. The lowest BCUT2D eigenvalue weighted by atomic mass is 9.74. The number of nitrogens with one attached hydrogen (secondary N) is 1. The van der Waals surface area contributed by atoms with Crippen LogP contribution in [-0.4, -0.2) is 30.3 Å². The van der Waals surface area contributed by atoms with Crippen LogP contribution in [0.3, 0.4) is 0 Å². The number of hydrogen-bond acceptors (Lipinski definition) is 3. The number of β-lactam (4-membered cyclic amide) rings is 1. The Morgan fingerprint density at radius 1 is 1.67 bits per heavy atom. The van der Waals surface area contributed by atoms with Crippen molar-refractivity contribution in [3.05, 3.63) is 0 Å². The first-order valence-corrected chi connectivity index (χ1v) is 5.35. The van der Waals surface area contributed by atoms with E-state index in [2.05, 4.69) is 10.3 Å². The molecule has 1 unspecified atom stereocenters. The minimum Gasteiger partial charge on any atom is -0.354 e. The van der Waals surface area contributed by atoms with Gasteiger partial charge < -0.3 is 5.32 Å². The summed E-state index contributed by atoms with van der Waals surface area (Å²) in [6.45, 7) is 1.68. The zero-order valence-electron chi connectivity index (χ0n) is 7.09. The fourth-order valence-corrected chi connectivity index (χ4v) is 2.36. The van der Waals surface area contributed by atoms with Crippen molar-refractivity contribution in [2.45, 2.75) is 12.8 Å². The summed E-state index contributed by atoms with van der Waals surface area (Å²) in [6.07, 6.45) is 3.82. The Morgan fingerprint density at radius 3 is 3.00 bits per heavy atom. The Labute approximate surface area is 76.0 Å². The van der Waals surface area contributed by atoms with Crippen molar-refractivity contribution >= 4 is 22.7 Å². The maximum atomic E-state index is 11.3. The van der Waals surface area contributed by atoms with Gasteiger partial charge in [-0.05, 0) is 12.7 Å². The van der Waals surface area contributed by atoms with Gasteiger partial charge in [0.25, 0.3) is 0 Å². The molecule has 0 saturated carbocycles. The number of carbonyl (C=O) groups is 1. The van der Waals surface area contributed by atoms with Crippen LogP contribution in [-0.2, 0) is 4.79 Å². The van der Waals surface area contributed by atoms with E-state index in [0.717, 1.165) is 31.0 Å². The third-order valence-electron chi connectivity index (χ3n) is 2.67. The van der Waals surface area contributed by atoms with Crippen molar-refractivity contribution in [2.24, 2.45) is 10.4 Å². The SMILES string of the molecule is CSC1=NCCC2(CNC2=O)C1. The van der Waals surface area contributed by atoms with Crippen LogP contribution >= 0.6 is 11.8 Å². The molecule has 1 saturated heterocycles. The lowest BCUT2D eigenvalue weighted by molar-refractivity contribution is -0.140. The molecule has 0 aliphatic carbocycles. The van der Waals surface area contributed by atoms with Crippen LogP contribution in [0.2, 0.25) is 0 Å². The van der Waals surface area contributed by atoms with Gasteiger partial charge in [-0.2, -0.15) is 0 Å². The van der Waals surface area contributed by atoms with E-state index in [1.807, 2.05) is 6.26 Å². The number of nitrogens with zero attached hydrogens (tertiary/aromatic N) is 1. The second-order valence-electron chi connectivity index (χ2n) is 3.37. The zero-order chi connectivity index (χ0) is 8.60. The average molecular weight is 184 g/mol. The summed E-state index contributed by atoms with van der Waals surface area (Å²) in [6, 6.07) is 0. The van der Waals surface area contributed by atoms with Gasteiger partial charge in [0.15, 0.2) is 0 Å². The van der Waals surface area contributed by atoms with Crippen LogP contribution in [0.4, 0.5) is 0 Å². The Hall–Kier alpha value is -0.510. The quantitative estimate of drug-likeness (QED) is 0.562. The number of amides is 1. The molecule has 0 aromatic rings. The van der Waals surface area contributed by atoms with Crippen LogP contribution in [0.5, 0.6) is 0 Å². The van der Waals surface area contributed by atoms with Gasteiger partial charge in [-0.15, -0.1) is 11.8 Å². The Bertz CT molecular complexity index is 251. The van der Waals surface area contributed by atoms with Crippen molar-refractivity contribution < 1.29 is 4.79 Å². The molecule has 1 N–H and O–H groups in total. The molecule has 2 aliphatic rings. The molecule has 12 heavy (non-hydrogen) atoms. The molecule has 66 valence electrons. The molecule has 1 atom stereocenters. The van der Waals surface area contributed by atoms with Gasteiger partial charge in [0.2, 0.25) is 5.91 Å². The third-order valence-corrected chi connectivity index (χ3v) is 3.42. The Kier molecular flexibility index (Phi) is 1.87. The highest BCUT2D eigenvalue weighted by Gasteiger charge is 2.47. The highest BCUT2D eigenvalue weighted by molar-refractivity contribution is 8.13. The number of hydrogen-bond donors (Lipinski definition) is 1. The number of rotatable bonds is 0. The molecular formula is C8H12N2OS. The van der Waals surface area contributed by atoms with Crippen LogP contribution in [0, 0.1) is 5.41 Å². The van der Waals surface area contributed by atoms with E-state index in [4.69, 9.17) is 0 Å². The predicted molar refractivity (Wildman–Crippen MR) is 50.5 cm³/mol. The fourth-order valence-electron chi connectivity index (χ4n) is 1.72. The number of aliphatic imine (C=N–C) groups is 1. The molecule has 2 rings (SSSR count). The van der Waals surface area contributed by atoms with Gasteiger partial charge >= 0.3 is 0 Å². The molecule has 0 radical (unpaired) electrons. The first-order chi connectivity index (χ1) is 5.77. The van der Waals surface area contributed by atoms with E-state index in [-0.39, 0.29) is 11.3 Å². The van der Waals surface area contributed by atoms with Gasteiger partial charge in [-0.3, -0.25) is 9.79 Å². The van der Waals surface area contributed by atoms with E-state index in [1.165, 1.54) is 0 Å². The molecule has 2 aliphatic heterocycles. The minimum atomic E-state index is -0.0694. The maximum absolute atomic E-state index is 11.3. The first kappa shape index (κ1) is 8.10. The molecule has 2 heterocycles. The van der Waals surface area contributed by atoms with E-state index >= 15 is 0 Å². The average Bonchev–Trinajstić information content (AvgIpc) is 2.15. The predicted octanol–water partition coefficient (Wildman–Crippen LogP) is 0.658. The van der Waals surface area contributed by atoms with Crippen LogP contribution in [0.1, 0.15) is 12.8 Å². The van der Waals surface area contributed by atoms with Gasteiger partial charge in [0.1, 0.15) is 0 Å². The van der Waals surface area contributed by atoms with E-state index in [0.29, 0.717) is 0 Å². The van der Waals surface area contributed by atoms with Crippen molar-refractivity contribution in [3.8, 4) is 0 Å². The molecule has 4 heteroatoms. The van der Waals surface area contributed by atoms with Gasteiger partial charge in [0.05, 0.1) is 10.5 Å². The van der Waals surface area contributed by atoms with E-state index < -0.39 is 0 Å². The van der Waals surface area contributed by atoms with Gasteiger partial charge in [-0.25, -0.2) is 0 Å². The summed E-state index contributed by atoms with van der Waals surface area (Å²) in [5.74, 6) is 0.226. The largest absolute Gasteiger partial charge is 0.354 e. The number of carbonyl (C=O) groups excluding carboxylic acids is 1. The van der Waals surface area contributed by atoms with Crippen LogP contribution in [0.15, 0.2) is 4.99 Å².